The summed E-state index contributed by atoms with van der Waals surface area (Å²) in [5.74, 6) is 0.320. The molecule has 1 fully saturated rings. The Morgan fingerprint density at radius 1 is 0.850 bits per heavy atom. The van der Waals surface area contributed by atoms with Gasteiger partial charge in [0.15, 0.2) is 0 Å². The van der Waals surface area contributed by atoms with Crippen molar-refractivity contribution in [3.05, 3.63) is 71.8 Å². The van der Waals surface area contributed by atoms with Gasteiger partial charge in [-0.3, -0.25) is 4.79 Å². The first-order valence-electron chi connectivity index (χ1n) is 7.19. The Balaban J connectivity index is 1.61. The molecule has 2 aromatic carbocycles. The van der Waals surface area contributed by atoms with E-state index >= 15 is 0 Å². The monoisotopic (exact) mass is 265 g/mol. The molecule has 2 nitrogen and oxygen atoms in total. The minimum absolute atomic E-state index is 0.117. The fourth-order valence-corrected chi connectivity index (χ4v) is 2.94. The molecule has 0 spiro atoms. The van der Waals surface area contributed by atoms with E-state index in [0.29, 0.717) is 0 Å². The highest BCUT2D eigenvalue weighted by molar-refractivity contribution is 5.81. The van der Waals surface area contributed by atoms with Gasteiger partial charge < -0.3 is 5.32 Å². The largest absolute Gasteiger partial charge is 0.353 e. The van der Waals surface area contributed by atoms with Crippen LogP contribution >= 0.6 is 0 Å². The first kappa shape index (κ1) is 12.9. The van der Waals surface area contributed by atoms with E-state index in [9.17, 15) is 4.79 Å². The zero-order valence-electron chi connectivity index (χ0n) is 11.5. The van der Waals surface area contributed by atoms with E-state index in [4.69, 9.17) is 0 Å². The number of benzene rings is 2. The van der Waals surface area contributed by atoms with Crippen LogP contribution in [0.4, 0.5) is 0 Å². The molecule has 2 aromatic rings. The average Bonchev–Trinajstić information content (AvgIpc) is 2.81. The van der Waals surface area contributed by atoms with Crippen molar-refractivity contribution < 1.29 is 4.79 Å². The van der Waals surface area contributed by atoms with Crippen LogP contribution in [0, 0.1) is 5.92 Å². The molecular formula is C18H19NO. The van der Waals surface area contributed by atoms with Crippen molar-refractivity contribution in [2.24, 2.45) is 5.92 Å². The molecule has 1 heterocycles. The molecule has 20 heavy (non-hydrogen) atoms. The predicted molar refractivity (Wildman–Crippen MR) is 80.3 cm³/mol. The van der Waals surface area contributed by atoms with Crippen molar-refractivity contribution >= 4 is 5.91 Å². The lowest BCUT2D eigenvalue weighted by atomic mass is 9.94. The molecule has 1 aliphatic rings. The lowest BCUT2D eigenvalue weighted by Crippen LogP contribution is -2.28. The molecule has 1 N–H and O–H groups in total. The minimum Gasteiger partial charge on any atom is -0.353 e. The molecule has 0 bridgehead atoms. The number of rotatable bonds is 4. The summed E-state index contributed by atoms with van der Waals surface area (Å²) in [6, 6.07) is 20.9. The Morgan fingerprint density at radius 2 is 1.40 bits per heavy atom. The molecule has 0 aliphatic carbocycles. The fourth-order valence-electron chi connectivity index (χ4n) is 2.94. The van der Waals surface area contributed by atoms with Crippen LogP contribution in [0.3, 0.4) is 0 Å². The topological polar surface area (TPSA) is 29.1 Å². The van der Waals surface area contributed by atoms with Gasteiger partial charge in [-0.15, -0.1) is 0 Å². The Kier molecular flexibility index (Phi) is 3.82. The van der Waals surface area contributed by atoms with Gasteiger partial charge in [-0.1, -0.05) is 60.7 Å². The number of hydrogen-bond donors (Lipinski definition) is 1. The SMILES string of the molecule is O=C1N[C@@H](Cc2ccccc2)C[C@H]1Cc1ccccc1. The Labute approximate surface area is 119 Å². The smallest absolute Gasteiger partial charge is 0.223 e. The van der Waals surface area contributed by atoms with E-state index < -0.39 is 0 Å². The number of hydrogen-bond acceptors (Lipinski definition) is 1. The van der Waals surface area contributed by atoms with Crippen molar-refractivity contribution in [1.82, 2.24) is 5.32 Å². The highest BCUT2D eigenvalue weighted by Gasteiger charge is 2.31. The molecule has 3 rings (SSSR count). The summed E-state index contributed by atoms with van der Waals surface area (Å²) in [5, 5.41) is 3.13. The molecule has 2 atom stereocenters. The maximum absolute atomic E-state index is 12.1. The van der Waals surface area contributed by atoms with Crippen molar-refractivity contribution in [2.75, 3.05) is 0 Å². The van der Waals surface area contributed by atoms with Crippen LogP contribution in [0.2, 0.25) is 0 Å². The molecule has 0 radical (unpaired) electrons. The van der Waals surface area contributed by atoms with Crippen LogP contribution < -0.4 is 5.32 Å². The highest BCUT2D eigenvalue weighted by Crippen LogP contribution is 2.22. The summed E-state index contributed by atoms with van der Waals surface area (Å²) in [6.45, 7) is 0. The summed E-state index contributed by atoms with van der Waals surface area (Å²) < 4.78 is 0. The van der Waals surface area contributed by atoms with Gasteiger partial charge in [-0.05, 0) is 30.4 Å². The molecule has 1 aliphatic heterocycles. The first-order valence-corrected chi connectivity index (χ1v) is 7.19. The highest BCUT2D eigenvalue weighted by atomic mass is 16.2. The average molecular weight is 265 g/mol. The second-order valence-electron chi connectivity index (χ2n) is 5.52. The molecule has 0 saturated carbocycles. The summed E-state index contributed by atoms with van der Waals surface area (Å²) in [6.07, 6.45) is 2.71. The third kappa shape index (κ3) is 3.08. The molecule has 1 saturated heterocycles. The van der Waals surface area contributed by atoms with Crippen LogP contribution in [0.1, 0.15) is 17.5 Å². The number of nitrogens with one attached hydrogen (secondary N) is 1. The second-order valence-corrected chi connectivity index (χ2v) is 5.52. The van der Waals surface area contributed by atoms with Crippen LogP contribution in [-0.2, 0) is 17.6 Å². The number of carbonyl (C=O) groups is 1. The zero-order chi connectivity index (χ0) is 13.8. The van der Waals surface area contributed by atoms with E-state index in [-0.39, 0.29) is 17.9 Å². The predicted octanol–water partition coefficient (Wildman–Crippen LogP) is 2.98. The summed E-state index contributed by atoms with van der Waals surface area (Å²) in [7, 11) is 0. The Bertz CT molecular complexity index is 564. The third-order valence-corrected chi connectivity index (χ3v) is 3.94. The fraction of sp³-hybridized carbons (Fsp3) is 0.278. The van der Waals surface area contributed by atoms with E-state index in [0.717, 1.165) is 19.3 Å². The molecule has 0 unspecified atom stereocenters. The summed E-state index contributed by atoms with van der Waals surface area (Å²) in [5.41, 5.74) is 2.53. The zero-order valence-corrected chi connectivity index (χ0v) is 11.5. The summed E-state index contributed by atoms with van der Waals surface area (Å²) >= 11 is 0. The molecule has 0 aromatic heterocycles. The van der Waals surface area contributed by atoms with Gasteiger partial charge in [0.05, 0.1) is 0 Å². The molecule has 102 valence electrons. The molecule has 1 amide bonds. The lowest BCUT2D eigenvalue weighted by Gasteiger charge is -2.09. The van der Waals surface area contributed by atoms with Crippen molar-refractivity contribution in [1.29, 1.82) is 0 Å². The van der Waals surface area contributed by atoms with Gasteiger partial charge in [0.2, 0.25) is 5.91 Å². The maximum Gasteiger partial charge on any atom is 0.223 e. The standard InChI is InChI=1S/C18H19NO/c20-18-16(11-14-7-3-1-4-8-14)13-17(19-18)12-15-9-5-2-6-10-15/h1-10,16-17H,11-13H2,(H,19,20)/t16-,17+/m1/s1. The van der Waals surface area contributed by atoms with Crippen molar-refractivity contribution in [3.63, 3.8) is 0 Å². The van der Waals surface area contributed by atoms with E-state index in [1.165, 1.54) is 11.1 Å². The van der Waals surface area contributed by atoms with Gasteiger partial charge in [-0.2, -0.15) is 0 Å². The van der Waals surface area contributed by atoms with Crippen LogP contribution in [0.5, 0.6) is 0 Å². The lowest BCUT2D eigenvalue weighted by molar-refractivity contribution is -0.122. The molecule has 2 heteroatoms. The Hall–Kier alpha value is -2.09. The van der Waals surface area contributed by atoms with Gasteiger partial charge >= 0.3 is 0 Å². The van der Waals surface area contributed by atoms with Gasteiger partial charge in [0.25, 0.3) is 0 Å². The van der Waals surface area contributed by atoms with Crippen LogP contribution in [-0.4, -0.2) is 11.9 Å². The normalized spacial score (nSPS) is 21.7. The van der Waals surface area contributed by atoms with E-state index in [2.05, 4.69) is 29.6 Å². The van der Waals surface area contributed by atoms with Crippen LogP contribution in [0.15, 0.2) is 60.7 Å². The Morgan fingerprint density at radius 3 is 2.00 bits per heavy atom. The van der Waals surface area contributed by atoms with Gasteiger partial charge in [-0.25, -0.2) is 0 Å². The van der Waals surface area contributed by atoms with E-state index in [1.54, 1.807) is 0 Å². The first-order chi connectivity index (χ1) is 9.81. The third-order valence-electron chi connectivity index (χ3n) is 3.94. The quantitative estimate of drug-likeness (QED) is 0.904. The summed E-state index contributed by atoms with van der Waals surface area (Å²) in [4.78, 5) is 12.1. The second kappa shape index (κ2) is 5.91. The van der Waals surface area contributed by atoms with Crippen molar-refractivity contribution in [3.8, 4) is 0 Å². The van der Waals surface area contributed by atoms with Crippen LogP contribution in [0.25, 0.3) is 0 Å². The maximum atomic E-state index is 12.1. The van der Waals surface area contributed by atoms with E-state index in [1.807, 2.05) is 36.4 Å². The molecular weight excluding hydrogens is 246 g/mol. The van der Waals surface area contributed by atoms with Gasteiger partial charge in [0.1, 0.15) is 0 Å². The number of amides is 1. The van der Waals surface area contributed by atoms with Crippen molar-refractivity contribution in [2.45, 2.75) is 25.3 Å². The number of carbonyl (C=O) groups excluding carboxylic acids is 1. The van der Waals surface area contributed by atoms with Gasteiger partial charge in [0, 0.05) is 12.0 Å². The minimum atomic E-state index is 0.117.